The van der Waals surface area contributed by atoms with Gasteiger partial charge in [0.05, 0.1) is 11.1 Å². The molecule has 16 heavy (non-hydrogen) atoms. The zero-order valence-corrected chi connectivity index (χ0v) is 9.25. The monoisotopic (exact) mass is 287 g/mol. The number of hydrogen-bond acceptors (Lipinski definition) is 3. The second-order valence-corrected chi connectivity index (χ2v) is 3.61. The highest BCUT2D eigenvalue weighted by Gasteiger charge is 2.16. The maximum Gasteiger partial charge on any atom is 0.387 e. The minimum Gasteiger partial charge on any atom is -0.431 e. The van der Waals surface area contributed by atoms with Crippen LogP contribution in [0.4, 0.5) is 8.78 Å². The lowest BCUT2D eigenvalue weighted by Gasteiger charge is -2.06. The molecule has 82 valence electrons. The van der Waals surface area contributed by atoms with E-state index in [1.807, 2.05) is 0 Å². The molecule has 7 heteroatoms. The number of nitrogens with zero attached hydrogens (tertiary/aromatic N) is 2. The largest absolute Gasteiger partial charge is 0.431 e. The average Bonchev–Trinajstić information content (AvgIpc) is 2.59. The molecule has 0 fully saturated rings. The molecule has 0 bridgehead atoms. The van der Waals surface area contributed by atoms with E-state index >= 15 is 0 Å². The van der Waals surface area contributed by atoms with Gasteiger partial charge in [0, 0.05) is 0 Å². The van der Waals surface area contributed by atoms with E-state index in [4.69, 9.17) is 5.26 Å². The first-order valence-corrected chi connectivity index (χ1v) is 4.94. The van der Waals surface area contributed by atoms with E-state index in [-0.39, 0.29) is 16.8 Å². The molecule has 0 aliphatic carbocycles. The van der Waals surface area contributed by atoms with Gasteiger partial charge in [0.2, 0.25) is 0 Å². The molecule has 4 nitrogen and oxygen atoms in total. The van der Waals surface area contributed by atoms with Gasteiger partial charge in [0.1, 0.15) is 11.6 Å². The number of aromatic nitrogens is 2. The van der Waals surface area contributed by atoms with Crippen LogP contribution in [0.2, 0.25) is 0 Å². The minimum atomic E-state index is -2.99. The Kier molecular flexibility index (Phi) is 2.75. The third-order valence-corrected chi connectivity index (χ3v) is 2.28. The van der Waals surface area contributed by atoms with E-state index in [1.54, 1.807) is 12.1 Å². The highest BCUT2D eigenvalue weighted by Crippen LogP contribution is 2.30. The first-order chi connectivity index (χ1) is 7.61. The quantitative estimate of drug-likeness (QED) is 0.924. The summed E-state index contributed by atoms with van der Waals surface area (Å²) < 4.78 is 29.1. The van der Waals surface area contributed by atoms with Crippen LogP contribution in [-0.4, -0.2) is 16.6 Å². The van der Waals surface area contributed by atoms with E-state index in [0.717, 1.165) is 0 Å². The summed E-state index contributed by atoms with van der Waals surface area (Å²) in [5.74, 6) is -0.211. The molecule has 0 atom stereocenters. The van der Waals surface area contributed by atoms with Crippen LogP contribution >= 0.6 is 15.9 Å². The molecule has 1 heterocycles. The van der Waals surface area contributed by atoms with E-state index in [1.165, 1.54) is 6.07 Å². The molecule has 2 rings (SSSR count). The molecule has 0 saturated heterocycles. The van der Waals surface area contributed by atoms with Gasteiger partial charge in [-0.25, -0.2) is 4.98 Å². The predicted octanol–water partition coefficient (Wildman–Crippen LogP) is 2.80. The van der Waals surface area contributed by atoms with Gasteiger partial charge in [-0.05, 0) is 28.1 Å². The Bertz CT molecular complexity index is 576. The Balaban J connectivity index is 2.68. The van der Waals surface area contributed by atoms with Gasteiger partial charge in [-0.15, -0.1) is 0 Å². The lowest BCUT2D eigenvalue weighted by Crippen LogP contribution is -2.04. The number of H-pyrrole nitrogens is 1. The first-order valence-electron chi connectivity index (χ1n) is 4.15. The van der Waals surface area contributed by atoms with Crippen molar-refractivity contribution in [3.8, 4) is 11.8 Å². The second kappa shape index (κ2) is 4.06. The fraction of sp³-hybridized carbons (Fsp3) is 0.111. The maximum absolute atomic E-state index is 12.2. The predicted molar refractivity (Wildman–Crippen MR) is 55.1 cm³/mol. The number of rotatable bonds is 2. The molecule has 0 saturated carbocycles. The fourth-order valence-corrected chi connectivity index (χ4v) is 1.71. The molecule has 1 aromatic carbocycles. The molecule has 2 aromatic rings. The Labute approximate surface area is 97.0 Å². The molecule has 0 unspecified atom stereocenters. The van der Waals surface area contributed by atoms with Crippen LogP contribution in [0.25, 0.3) is 11.0 Å². The standard InChI is InChI=1S/C9H4BrF2N3O/c10-8-14-5-2-1-4(3-13)7(6(5)15-8)16-9(11)12/h1-2,9H,(H,14,15). The van der Waals surface area contributed by atoms with Crippen molar-refractivity contribution in [3.63, 3.8) is 0 Å². The van der Waals surface area contributed by atoms with Crippen molar-refractivity contribution in [2.24, 2.45) is 0 Å². The lowest BCUT2D eigenvalue weighted by atomic mass is 10.2. The van der Waals surface area contributed by atoms with Crippen molar-refractivity contribution in [1.82, 2.24) is 9.97 Å². The summed E-state index contributed by atoms with van der Waals surface area (Å²) in [4.78, 5) is 6.72. The Morgan fingerprint density at radius 2 is 2.25 bits per heavy atom. The molecule has 0 amide bonds. The zero-order valence-electron chi connectivity index (χ0n) is 7.67. The number of hydrogen-bond donors (Lipinski definition) is 1. The van der Waals surface area contributed by atoms with E-state index < -0.39 is 6.61 Å². The van der Waals surface area contributed by atoms with Gasteiger partial charge >= 0.3 is 6.61 Å². The third kappa shape index (κ3) is 1.84. The van der Waals surface area contributed by atoms with Gasteiger partial charge in [-0.3, -0.25) is 0 Å². The smallest absolute Gasteiger partial charge is 0.387 e. The SMILES string of the molecule is N#Cc1ccc2[nH]c(Br)nc2c1OC(F)F. The van der Waals surface area contributed by atoms with Crippen LogP contribution in [-0.2, 0) is 0 Å². The van der Waals surface area contributed by atoms with Crippen molar-refractivity contribution in [2.45, 2.75) is 6.61 Å². The van der Waals surface area contributed by atoms with Crippen molar-refractivity contribution in [1.29, 1.82) is 5.26 Å². The lowest BCUT2D eigenvalue weighted by molar-refractivity contribution is -0.0491. The average molecular weight is 288 g/mol. The molecular weight excluding hydrogens is 284 g/mol. The van der Waals surface area contributed by atoms with Crippen LogP contribution in [0.1, 0.15) is 5.56 Å². The summed E-state index contributed by atoms with van der Waals surface area (Å²) in [7, 11) is 0. The van der Waals surface area contributed by atoms with Crippen molar-refractivity contribution in [3.05, 3.63) is 22.4 Å². The molecular formula is C9H4BrF2N3O. The molecule has 0 radical (unpaired) electrons. The van der Waals surface area contributed by atoms with Crippen LogP contribution in [0, 0.1) is 11.3 Å². The van der Waals surface area contributed by atoms with Crippen LogP contribution in [0.5, 0.6) is 5.75 Å². The number of benzene rings is 1. The summed E-state index contributed by atoms with van der Waals surface area (Å²) in [5.41, 5.74) is 0.736. The number of fused-ring (bicyclic) bond motifs is 1. The number of aromatic amines is 1. The van der Waals surface area contributed by atoms with E-state index in [2.05, 4.69) is 30.6 Å². The molecule has 1 aromatic heterocycles. The Morgan fingerprint density at radius 3 is 2.88 bits per heavy atom. The first kappa shape index (κ1) is 10.8. The minimum absolute atomic E-state index is 0.0202. The van der Waals surface area contributed by atoms with Crippen LogP contribution < -0.4 is 4.74 Å². The summed E-state index contributed by atoms with van der Waals surface area (Å²) in [6.07, 6.45) is 0. The summed E-state index contributed by atoms with van der Waals surface area (Å²) >= 11 is 3.08. The number of halogens is 3. The highest BCUT2D eigenvalue weighted by atomic mass is 79.9. The molecule has 0 aliphatic heterocycles. The highest BCUT2D eigenvalue weighted by molar-refractivity contribution is 9.10. The summed E-state index contributed by atoms with van der Waals surface area (Å²) in [6, 6.07) is 4.74. The van der Waals surface area contributed by atoms with E-state index in [0.29, 0.717) is 10.3 Å². The summed E-state index contributed by atoms with van der Waals surface area (Å²) in [5, 5.41) is 8.77. The normalized spacial score (nSPS) is 10.7. The van der Waals surface area contributed by atoms with Gasteiger partial charge in [0.15, 0.2) is 10.5 Å². The number of nitriles is 1. The zero-order chi connectivity index (χ0) is 11.7. The van der Waals surface area contributed by atoms with Crippen LogP contribution in [0.15, 0.2) is 16.9 Å². The topological polar surface area (TPSA) is 61.7 Å². The molecule has 0 aliphatic rings. The maximum atomic E-state index is 12.2. The van der Waals surface area contributed by atoms with Crippen molar-refractivity contribution >= 4 is 27.0 Å². The van der Waals surface area contributed by atoms with Gasteiger partial charge < -0.3 is 9.72 Å². The third-order valence-electron chi connectivity index (χ3n) is 1.91. The van der Waals surface area contributed by atoms with E-state index in [9.17, 15) is 8.78 Å². The molecule has 0 spiro atoms. The summed E-state index contributed by atoms with van der Waals surface area (Å²) in [6.45, 7) is -2.99. The van der Waals surface area contributed by atoms with Gasteiger partial charge in [-0.1, -0.05) is 0 Å². The van der Waals surface area contributed by atoms with Gasteiger partial charge in [0.25, 0.3) is 0 Å². The number of nitrogens with one attached hydrogen (secondary N) is 1. The Morgan fingerprint density at radius 1 is 1.50 bits per heavy atom. The Hall–Kier alpha value is -1.68. The number of ether oxygens (including phenoxy) is 1. The fourth-order valence-electron chi connectivity index (χ4n) is 1.32. The number of alkyl halides is 2. The second-order valence-electron chi connectivity index (χ2n) is 2.86. The van der Waals surface area contributed by atoms with Gasteiger partial charge in [-0.2, -0.15) is 14.0 Å². The molecule has 1 N–H and O–H groups in total. The number of imidazole rings is 1. The van der Waals surface area contributed by atoms with Crippen LogP contribution in [0.3, 0.4) is 0 Å². The van der Waals surface area contributed by atoms with Crippen molar-refractivity contribution < 1.29 is 13.5 Å². The van der Waals surface area contributed by atoms with Crippen molar-refractivity contribution in [2.75, 3.05) is 0 Å².